The number of nitrogens with one attached hydrogen (secondary N) is 3. The lowest BCUT2D eigenvalue weighted by Gasteiger charge is -2.30. The molecule has 32 heavy (non-hydrogen) atoms. The van der Waals surface area contributed by atoms with Crippen molar-refractivity contribution in [3.8, 4) is 0 Å². The monoisotopic (exact) mass is 436 g/mol. The summed E-state index contributed by atoms with van der Waals surface area (Å²) in [5, 5.41) is 8.66. The fourth-order valence-corrected chi connectivity index (χ4v) is 3.89. The molecule has 172 valence electrons. The van der Waals surface area contributed by atoms with Crippen LogP contribution in [0, 0.1) is 5.92 Å². The van der Waals surface area contributed by atoms with Crippen LogP contribution in [-0.2, 0) is 19.6 Å². The number of carbonyl (C=O) groups excluding carboxylic acids is 2. The van der Waals surface area contributed by atoms with E-state index in [1.807, 2.05) is 32.0 Å². The van der Waals surface area contributed by atoms with E-state index in [9.17, 15) is 9.59 Å². The Morgan fingerprint density at radius 3 is 2.25 bits per heavy atom. The molecule has 0 unspecified atom stereocenters. The number of hydrogen-bond acceptors (Lipinski definition) is 3. The van der Waals surface area contributed by atoms with Gasteiger partial charge in [-0.05, 0) is 74.5 Å². The first-order chi connectivity index (χ1) is 15.4. The second-order valence-electron chi connectivity index (χ2n) is 9.09. The number of rotatable bonds is 8. The molecule has 6 heteroatoms. The summed E-state index contributed by atoms with van der Waals surface area (Å²) in [6, 6.07) is 15.6. The first kappa shape index (κ1) is 23.8. The molecule has 0 bridgehead atoms. The highest BCUT2D eigenvalue weighted by atomic mass is 16.2. The Balaban J connectivity index is 1.51. The van der Waals surface area contributed by atoms with Crippen LogP contribution in [0.2, 0.25) is 0 Å². The molecular formula is C26H36N4O2. The van der Waals surface area contributed by atoms with Crippen LogP contribution in [0.1, 0.15) is 60.7 Å². The van der Waals surface area contributed by atoms with Gasteiger partial charge in [0, 0.05) is 31.2 Å². The minimum absolute atomic E-state index is 0.0924. The summed E-state index contributed by atoms with van der Waals surface area (Å²) in [4.78, 5) is 26.9. The molecule has 0 radical (unpaired) electrons. The maximum Gasteiger partial charge on any atom is 0.315 e. The quantitative estimate of drug-likeness (QED) is 0.584. The van der Waals surface area contributed by atoms with Crippen molar-refractivity contribution < 1.29 is 9.59 Å². The summed E-state index contributed by atoms with van der Waals surface area (Å²) < 4.78 is 0. The van der Waals surface area contributed by atoms with Gasteiger partial charge in [-0.15, -0.1) is 0 Å². The van der Waals surface area contributed by atoms with E-state index in [1.165, 1.54) is 18.4 Å². The van der Waals surface area contributed by atoms with Gasteiger partial charge in [0.15, 0.2) is 0 Å². The summed E-state index contributed by atoms with van der Waals surface area (Å²) in [6.45, 7) is 10.3. The zero-order valence-corrected chi connectivity index (χ0v) is 19.5. The summed E-state index contributed by atoms with van der Waals surface area (Å²) in [5.41, 5.74) is 4.00. The van der Waals surface area contributed by atoms with Crippen molar-refractivity contribution in [1.82, 2.24) is 20.9 Å². The summed E-state index contributed by atoms with van der Waals surface area (Å²) >= 11 is 0. The Kier molecular flexibility index (Phi) is 8.68. The molecule has 2 aromatic rings. The number of urea groups is 1. The van der Waals surface area contributed by atoms with Crippen LogP contribution in [0.25, 0.3) is 0 Å². The second kappa shape index (κ2) is 11.7. The fraction of sp³-hybridized carbons (Fsp3) is 0.462. The predicted octanol–water partition coefficient (Wildman–Crippen LogP) is 4.06. The molecular weight excluding hydrogens is 400 g/mol. The average Bonchev–Trinajstić information content (AvgIpc) is 2.78. The number of amides is 3. The standard InChI is InChI=1S/C26H36N4O2/c1-19(2)29-26(32)28-16-21-8-10-22(11-9-21)25(31)27-17-23-6-4-5-7-24(23)18-30-14-12-20(3)13-15-30/h4-11,19-20H,12-18H2,1-3H3,(H,27,31)(H2,28,29,32). The van der Waals surface area contributed by atoms with E-state index in [-0.39, 0.29) is 18.0 Å². The van der Waals surface area contributed by atoms with Crippen molar-refractivity contribution in [2.45, 2.75) is 59.3 Å². The van der Waals surface area contributed by atoms with E-state index in [4.69, 9.17) is 0 Å². The van der Waals surface area contributed by atoms with Gasteiger partial charge in [0.2, 0.25) is 0 Å². The van der Waals surface area contributed by atoms with E-state index in [1.54, 1.807) is 12.1 Å². The van der Waals surface area contributed by atoms with Crippen LogP contribution in [-0.4, -0.2) is 36.0 Å². The van der Waals surface area contributed by atoms with Gasteiger partial charge in [0.25, 0.3) is 5.91 Å². The lowest BCUT2D eigenvalue weighted by Crippen LogP contribution is -2.39. The SMILES string of the molecule is CC1CCN(Cc2ccccc2CNC(=O)c2ccc(CNC(=O)NC(C)C)cc2)CC1. The zero-order valence-electron chi connectivity index (χ0n) is 19.5. The van der Waals surface area contributed by atoms with Crippen LogP contribution in [0.5, 0.6) is 0 Å². The number of hydrogen-bond donors (Lipinski definition) is 3. The third-order valence-corrected chi connectivity index (χ3v) is 5.92. The Morgan fingerprint density at radius 2 is 1.59 bits per heavy atom. The van der Waals surface area contributed by atoms with Gasteiger partial charge >= 0.3 is 6.03 Å². The Bertz CT molecular complexity index is 887. The first-order valence-corrected chi connectivity index (χ1v) is 11.6. The van der Waals surface area contributed by atoms with Gasteiger partial charge in [-0.2, -0.15) is 0 Å². The number of benzene rings is 2. The van der Waals surface area contributed by atoms with Crippen LogP contribution in [0.3, 0.4) is 0 Å². The van der Waals surface area contributed by atoms with Gasteiger partial charge in [0.1, 0.15) is 0 Å². The molecule has 3 N–H and O–H groups in total. The molecule has 3 amide bonds. The van der Waals surface area contributed by atoms with Gasteiger partial charge in [-0.25, -0.2) is 4.79 Å². The van der Waals surface area contributed by atoms with Crippen molar-refractivity contribution in [2.75, 3.05) is 13.1 Å². The minimum atomic E-state index is -0.195. The zero-order chi connectivity index (χ0) is 22.9. The van der Waals surface area contributed by atoms with E-state index >= 15 is 0 Å². The lowest BCUT2D eigenvalue weighted by molar-refractivity contribution is 0.0950. The van der Waals surface area contributed by atoms with Crippen LogP contribution >= 0.6 is 0 Å². The van der Waals surface area contributed by atoms with E-state index in [0.717, 1.165) is 36.7 Å². The molecule has 1 aliphatic heterocycles. The third-order valence-electron chi connectivity index (χ3n) is 5.92. The van der Waals surface area contributed by atoms with Crippen molar-refractivity contribution in [1.29, 1.82) is 0 Å². The van der Waals surface area contributed by atoms with Gasteiger partial charge < -0.3 is 16.0 Å². The van der Waals surface area contributed by atoms with Crippen LogP contribution in [0.15, 0.2) is 48.5 Å². The molecule has 1 aliphatic rings. The predicted molar refractivity (Wildman–Crippen MR) is 128 cm³/mol. The van der Waals surface area contributed by atoms with Gasteiger partial charge in [-0.1, -0.05) is 43.3 Å². The van der Waals surface area contributed by atoms with E-state index in [0.29, 0.717) is 18.7 Å². The topological polar surface area (TPSA) is 73.5 Å². The van der Waals surface area contributed by atoms with Crippen LogP contribution in [0.4, 0.5) is 4.79 Å². The molecule has 0 saturated carbocycles. The fourth-order valence-electron chi connectivity index (χ4n) is 3.89. The molecule has 0 aliphatic carbocycles. The Morgan fingerprint density at radius 1 is 0.938 bits per heavy atom. The van der Waals surface area contributed by atoms with Crippen molar-refractivity contribution >= 4 is 11.9 Å². The lowest BCUT2D eigenvalue weighted by atomic mass is 9.98. The molecule has 2 aromatic carbocycles. The largest absolute Gasteiger partial charge is 0.348 e. The molecule has 1 saturated heterocycles. The van der Waals surface area contributed by atoms with Crippen LogP contribution < -0.4 is 16.0 Å². The van der Waals surface area contributed by atoms with E-state index in [2.05, 4.69) is 46.0 Å². The maximum absolute atomic E-state index is 12.7. The Labute approximate surface area is 191 Å². The Hall–Kier alpha value is -2.86. The molecule has 0 spiro atoms. The highest BCUT2D eigenvalue weighted by molar-refractivity contribution is 5.94. The molecule has 1 heterocycles. The number of likely N-dealkylation sites (tertiary alicyclic amines) is 1. The smallest absolute Gasteiger partial charge is 0.315 e. The number of carbonyl (C=O) groups is 2. The average molecular weight is 437 g/mol. The normalized spacial score (nSPS) is 14.9. The summed E-state index contributed by atoms with van der Waals surface area (Å²) in [5.74, 6) is 0.726. The summed E-state index contributed by atoms with van der Waals surface area (Å²) in [7, 11) is 0. The third kappa shape index (κ3) is 7.38. The molecule has 6 nitrogen and oxygen atoms in total. The molecule has 0 aromatic heterocycles. The molecule has 0 atom stereocenters. The molecule has 3 rings (SSSR count). The van der Waals surface area contributed by atoms with Crippen molar-refractivity contribution in [3.05, 3.63) is 70.8 Å². The van der Waals surface area contributed by atoms with Crippen molar-refractivity contribution in [3.63, 3.8) is 0 Å². The highest BCUT2D eigenvalue weighted by Gasteiger charge is 2.17. The van der Waals surface area contributed by atoms with E-state index < -0.39 is 0 Å². The maximum atomic E-state index is 12.7. The number of nitrogens with zero attached hydrogens (tertiary/aromatic N) is 1. The highest BCUT2D eigenvalue weighted by Crippen LogP contribution is 2.19. The molecule has 1 fully saturated rings. The summed E-state index contributed by atoms with van der Waals surface area (Å²) in [6.07, 6.45) is 2.51. The number of piperidine rings is 1. The van der Waals surface area contributed by atoms with Gasteiger partial charge in [0.05, 0.1) is 0 Å². The second-order valence-corrected chi connectivity index (χ2v) is 9.09. The first-order valence-electron chi connectivity index (χ1n) is 11.6. The van der Waals surface area contributed by atoms with Gasteiger partial charge in [-0.3, -0.25) is 9.69 Å². The van der Waals surface area contributed by atoms with Crippen molar-refractivity contribution in [2.24, 2.45) is 5.92 Å². The minimum Gasteiger partial charge on any atom is -0.348 e.